The number of hydrogen-bond acceptors (Lipinski definition) is 2. The van der Waals surface area contributed by atoms with Crippen molar-refractivity contribution in [3.05, 3.63) is 78.4 Å². The number of ether oxygens (including phenoxy) is 1. The molecule has 0 saturated heterocycles. The second kappa shape index (κ2) is 7.18. The van der Waals surface area contributed by atoms with E-state index in [0.717, 1.165) is 16.3 Å². The van der Waals surface area contributed by atoms with E-state index in [1.54, 1.807) is 18.9 Å². The molecule has 1 amide bonds. The molecule has 0 aromatic heterocycles. The maximum absolute atomic E-state index is 12.5. The van der Waals surface area contributed by atoms with E-state index in [2.05, 4.69) is 6.07 Å². The fourth-order valence-electron chi connectivity index (χ4n) is 2.74. The Hall–Kier alpha value is -2.81. The summed E-state index contributed by atoms with van der Waals surface area (Å²) >= 11 is 0. The van der Waals surface area contributed by atoms with Crippen molar-refractivity contribution in [3.8, 4) is 5.75 Å². The van der Waals surface area contributed by atoms with Crippen LogP contribution in [0.4, 0.5) is 0 Å². The summed E-state index contributed by atoms with van der Waals surface area (Å²) < 4.78 is 5.85. The summed E-state index contributed by atoms with van der Waals surface area (Å²) in [6, 6.07) is 23.9. The Morgan fingerprint density at radius 3 is 2.38 bits per heavy atom. The maximum atomic E-state index is 12.5. The van der Waals surface area contributed by atoms with Gasteiger partial charge in [-0.3, -0.25) is 4.79 Å². The number of likely N-dealkylation sites (N-methyl/N-ethyl adjacent to an activating group) is 1. The first-order chi connectivity index (χ1) is 11.6. The normalized spacial score (nSPS) is 11.9. The number of amides is 1. The molecule has 3 nitrogen and oxygen atoms in total. The Morgan fingerprint density at radius 1 is 0.958 bits per heavy atom. The highest BCUT2D eigenvalue weighted by Crippen LogP contribution is 2.21. The van der Waals surface area contributed by atoms with Crippen LogP contribution in [0.1, 0.15) is 12.5 Å². The number of benzene rings is 3. The second-order valence-electron chi connectivity index (χ2n) is 5.95. The average molecular weight is 319 g/mol. The van der Waals surface area contributed by atoms with Gasteiger partial charge in [-0.15, -0.1) is 0 Å². The Morgan fingerprint density at radius 2 is 1.62 bits per heavy atom. The SMILES string of the molecule is CC(Oc1ccc2ccccc2c1)C(=O)N(C)Cc1ccccc1. The lowest BCUT2D eigenvalue weighted by atomic mass is 10.1. The van der Waals surface area contributed by atoms with Gasteiger partial charge in [0, 0.05) is 13.6 Å². The van der Waals surface area contributed by atoms with E-state index >= 15 is 0 Å². The first-order valence-corrected chi connectivity index (χ1v) is 8.08. The van der Waals surface area contributed by atoms with Gasteiger partial charge in [0.05, 0.1) is 0 Å². The van der Waals surface area contributed by atoms with E-state index < -0.39 is 6.10 Å². The van der Waals surface area contributed by atoms with E-state index in [0.29, 0.717) is 12.3 Å². The molecule has 0 N–H and O–H groups in total. The number of carbonyl (C=O) groups excluding carboxylic acids is 1. The van der Waals surface area contributed by atoms with Crippen LogP contribution in [0, 0.1) is 0 Å². The second-order valence-corrected chi connectivity index (χ2v) is 5.95. The topological polar surface area (TPSA) is 29.5 Å². The molecule has 3 aromatic carbocycles. The summed E-state index contributed by atoms with van der Waals surface area (Å²) in [7, 11) is 1.80. The smallest absolute Gasteiger partial charge is 0.263 e. The highest BCUT2D eigenvalue weighted by molar-refractivity contribution is 5.84. The number of nitrogens with zero attached hydrogens (tertiary/aromatic N) is 1. The third-order valence-electron chi connectivity index (χ3n) is 4.02. The van der Waals surface area contributed by atoms with Gasteiger partial charge in [-0.2, -0.15) is 0 Å². The van der Waals surface area contributed by atoms with Crippen molar-refractivity contribution in [1.82, 2.24) is 4.90 Å². The number of rotatable bonds is 5. The Labute approximate surface area is 142 Å². The standard InChI is InChI=1S/C21H21NO2/c1-16(21(23)22(2)15-17-8-4-3-5-9-17)24-20-13-12-18-10-6-7-11-19(18)14-20/h3-14,16H,15H2,1-2H3. The van der Waals surface area contributed by atoms with E-state index in [1.807, 2.05) is 66.7 Å². The summed E-state index contributed by atoms with van der Waals surface area (Å²) in [5.41, 5.74) is 1.10. The summed E-state index contributed by atoms with van der Waals surface area (Å²) in [4.78, 5) is 14.2. The van der Waals surface area contributed by atoms with E-state index in [1.165, 1.54) is 0 Å². The zero-order chi connectivity index (χ0) is 16.9. The van der Waals surface area contributed by atoms with Gasteiger partial charge in [0.1, 0.15) is 5.75 Å². The van der Waals surface area contributed by atoms with Crippen molar-refractivity contribution in [2.45, 2.75) is 19.6 Å². The molecular formula is C21H21NO2. The van der Waals surface area contributed by atoms with Gasteiger partial charge in [0.2, 0.25) is 0 Å². The van der Waals surface area contributed by atoms with Crippen LogP contribution >= 0.6 is 0 Å². The van der Waals surface area contributed by atoms with Crippen LogP contribution in [0.15, 0.2) is 72.8 Å². The highest BCUT2D eigenvalue weighted by Gasteiger charge is 2.19. The molecule has 3 heteroatoms. The van der Waals surface area contributed by atoms with Crippen molar-refractivity contribution >= 4 is 16.7 Å². The third kappa shape index (κ3) is 3.74. The number of fused-ring (bicyclic) bond motifs is 1. The van der Waals surface area contributed by atoms with E-state index in [-0.39, 0.29) is 5.91 Å². The van der Waals surface area contributed by atoms with Gasteiger partial charge >= 0.3 is 0 Å². The zero-order valence-corrected chi connectivity index (χ0v) is 14.0. The maximum Gasteiger partial charge on any atom is 0.263 e. The minimum atomic E-state index is -0.528. The lowest BCUT2D eigenvalue weighted by molar-refractivity contribution is -0.137. The fourth-order valence-corrected chi connectivity index (χ4v) is 2.74. The fraction of sp³-hybridized carbons (Fsp3) is 0.190. The van der Waals surface area contributed by atoms with Crippen LogP contribution in [-0.4, -0.2) is 24.0 Å². The minimum absolute atomic E-state index is 0.0352. The molecule has 3 rings (SSSR count). The summed E-state index contributed by atoms with van der Waals surface area (Å²) in [5, 5.41) is 2.26. The Kier molecular flexibility index (Phi) is 4.80. The van der Waals surface area contributed by atoms with E-state index in [9.17, 15) is 4.79 Å². The van der Waals surface area contributed by atoms with Gasteiger partial charge in [-0.1, -0.05) is 60.7 Å². The van der Waals surface area contributed by atoms with Gasteiger partial charge in [0.15, 0.2) is 6.10 Å². The predicted molar refractivity (Wildman–Crippen MR) is 97.0 cm³/mol. The molecule has 0 aliphatic carbocycles. The lowest BCUT2D eigenvalue weighted by Gasteiger charge is -2.22. The van der Waals surface area contributed by atoms with Crippen molar-refractivity contribution in [1.29, 1.82) is 0 Å². The van der Waals surface area contributed by atoms with Crippen LogP contribution in [0.25, 0.3) is 10.8 Å². The number of hydrogen-bond donors (Lipinski definition) is 0. The molecule has 0 fully saturated rings. The largest absolute Gasteiger partial charge is 0.481 e. The Bertz CT molecular complexity index is 829. The van der Waals surface area contributed by atoms with Crippen molar-refractivity contribution in [2.24, 2.45) is 0 Å². The van der Waals surface area contributed by atoms with Crippen LogP contribution in [0.2, 0.25) is 0 Å². The quantitative estimate of drug-likeness (QED) is 0.703. The third-order valence-corrected chi connectivity index (χ3v) is 4.02. The summed E-state index contributed by atoms with van der Waals surface area (Å²) in [6.07, 6.45) is -0.528. The molecule has 24 heavy (non-hydrogen) atoms. The first kappa shape index (κ1) is 16.1. The molecule has 1 atom stereocenters. The summed E-state index contributed by atoms with van der Waals surface area (Å²) in [6.45, 7) is 2.37. The molecule has 0 bridgehead atoms. The number of carbonyl (C=O) groups is 1. The highest BCUT2D eigenvalue weighted by atomic mass is 16.5. The molecule has 0 spiro atoms. The minimum Gasteiger partial charge on any atom is -0.481 e. The Balaban J connectivity index is 1.66. The molecule has 1 unspecified atom stereocenters. The molecule has 0 aliphatic rings. The molecule has 0 heterocycles. The van der Waals surface area contributed by atoms with Gasteiger partial charge in [-0.05, 0) is 35.4 Å². The van der Waals surface area contributed by atoms with Gasteiger partial charge < -0.3 is 9.64 Å². The molecule has 0 radical (unpaired) electrons. The first-order valence-electron chi connectivity index (χ1n) is 8.08. The van der Waals surface area contributed by atoms with Gasteiger partial charge in [0.25, 0.3) is 5.91 Å². The summed E-state index contributed by atoms with van der Waals surface area (Å²) in [5.74, 6) is 0.676. The van der Waals surface area contributed by atoms with E-state index in [4.69, 9.17) is 4.74 Å². The zero-order valence-electron chi connectivity index (χ0n) is 14.0. The monoisotopic (exact) mass is 319 g/mol. The molecule has 3 aromatic rings. The lowest BCUT2D eigenvalue weighted by Crippen LogP contribution is -2.37. The molecule has 122 valence electrons. The van der Waals surface area contributed by atoms with Crippen LogP contribution in [0.3, 0.4) is 0 Å². The van der Waals surface area contributed by atoms with Crippen LogP contribution in [-0.2, 0) is 11.3 Å². The predicted octanol–water partition coefficient (Wildman–Crippen LogP) is 4.27. The van der Waals surface area contributed by atoms with Crippen molar-refractivity contribution < 1.29 is 9.53 Å². The molecule has 0 aliphatic heterocycles. The van der Waals surface area contributed by atoms with Crippen LogP contribution in [0.5, 0.6) is 5.75 Å². The van der Waals surface area contributed by atoms with Crippen molar-refractivity contribution in [2.75, 3.05) is 7.05 Å². The van der Waals surface area contributed by atoms with Gasteiger partial charge in [-0.25, -0.2) is 0 Å². The molecular weight excluding hydrogens is 298 g/mol. The van der Waals surface area contributed by atoms with Crippen LogP contribution < -0.4 is 4.74 Å². The molecule has 0 saturated carbocycles. The van der Waals surface area contributed by atoms with Crippen molar-refractivity contribution in [3.63, 3.8) is 0 Å². The average Bonchev–Trinajstić information content (AvgIpc) is 2.61.